The standard InChI is InChI=1S/C23H31N3O3S/c1-3-25(18-21-10-14-24-15-11-21)23(27)9-8-20-12-16-26(17-13-20)30(28,29)22-7-5-4-6-19(22)2/h4-7,10-11,14-15,20H,3,8-9,12-13,16-18H2,1-2H3. The Morgan fingerprint density at radius 1 is 1.13 bits per heavy atom. The Morgan fingerprint density at radius 3 is 2.43 bits per heavy atom. The van der Waals surface area contributed by atoms with Crippen molar-refractivity contribution in [2.45, 2.75) is 51.0 Å². The largest absolute Gasteiger partial charge is 0.339 e. The van der Waals surface area contributed by atoms with Crippen LogP contribution in [-0.2, 0) is 21.4 Å². The summed E-state index contributed by atoms with van der Waals surface area (Å²) in [5.74, 6) is 0.543. The Hall–Kier alpha value is -2.25. The Kier molecular flexibility index (Phi) is 7.61. The van der Waals surface area contributed by atoms with E-state index < -0.39 is 10.0 Å². The van der Waals surface area contributed by atoms with Crippen LogP contribution in [0, 0.1) is 12.8 Å². The van der Waals surface area contributed by atoms with Crippen LogP contribution in [0.1, 0.15) is 43.7 Å². The maximum absolute atomic E-state index is 12.9. The van der Waals surface area contributed by atoms with E-state index in [1.807, 2.05) is 43.0 Å². The average molecular weight is 430 g/mol. The lowest BCUT2D eigenvalue weighted by molar-refractivity contribution is -0.132. The molecule has 6 nitrogen and oxygen atoms in total. The highest BCUT2D eigenvalue weighted by Crippen LogP contribution is 2.28. The molecule has 1 aliphatic rings. The van der Waals surface area contributed by atoms with Crippen LogP contribution in [0.5, 0.6) is 0 Å². The monoisotopic (exact) mass is 429 g/mol. The molecule has 3 rings (SSSR count). The Bertz CT molecular complexity index is 939. The van der Waals surface area contributed by atoms with E-state index >= 15 is 0 Å². The number of sulfonamides is 1. The normalized spacial score (nSPS) is 15.8. The first-order valence-electron chi connectivity index (χ1n) is 10.6. The molecule has 1 aromatic carbocycles. The number of carbonyl (C=O) groups is 1. The molecule has 1 amide bonds. The molecule has 0 radical (unpaired) electrons. The number of aromatic nitrogens is 1. The Labute approximate surface area is 180 Å². The van der Waals surface area contributed by atoms with Gasteiger partial charge in [-0.3, -0.25) is 9.78 Å². The molecule has 0 N–H and O–H groups in total. The molecule has 1 fully saturated rings. The van der Waals surface area contributed by atoms with Crippen LogP contribution in [0.3, 0.4) is 0 Å². The molecule has 0 bridgehead atoms. The zero-order chi connectivity index (χ0) is 21.6. The summed E-state index contributed by atoms with van der Waals surface area (Å²) in [4.78, 5) is 19.0. The van der Waals surface area contributed by atoms with Crippen LogP contribution >= 0.6 is 0 Å². The lowest BCUT2D eigenvalue weighted by atomic mass is 9.93. The molecular weight excluding hydrogens is 398 g/mol. The molecule has 1 aromatic heterocycles. The summed E-state index contributed by atoms with van der Waals surface area (Å²) in [6.45, 7) is 6.14. The van der Waals surface area contributed by atoms with Crippen molar-refractivity contribution in [3.05, 3.63) is 59.9 Å². The second-order valence-electron chi connectivity index (χ2n) is 7.92. The molecule has 30 heavy (non-hydrogen) atoms. The van der Waals surface area contributed by atoms with Gasteiger partial charge in [-0.1, -0.05) is 18.2 Å². The maximum atomic E-state index is 12.9. The molecule has 0 atom stereocenters. The first-order valence-corrected chi connectivity index (χ1v) is 12.1. The predicted molar refractivity (Wildman–Crippen MR) is 117 cm³/mol. The number of nitrogens with zero attached hydrogens (tertiary/aromatic N) is 3. The van der Waals surface area contributed by atoms with Crippen molar-refractivity contribution in [2.75, 3.05) is 19.6 Å². The molecule has 0 unspecified atom stereocenters. The molecule has 2 aromatic rings. The van der Waals surface area contributed by atoms with Crippen molar-refractivity contribution in [2.24, 2.45) is 5.92 Å². The van der Waals surface area contributed by atoms with Gasteiger partial charge in [0.25, 0.3) is 0 Å². The topological polar surface area (TPSA) is 70.6 Å². The van der Waals surface area contributed by atoms with Crippen LogP contribution < -0.4 is 0 Å². The van der Waals surface area contributed by atoms with E-state index in [4.69, 9.17) is 0 Å². The van der Waals surface area contributed by atoms with E-state index in [0.29, 0.717) is 43.4 Å². The molecular formula is C23H31N3O3S. The number of amides is 1. The smallest absolute Gasteiger partial charge is 0.243 e. The van der Waals surface area contributed by atoms with Gasteiger partial charge in [0, 0.05) is 45.0 Å². The number of rotatable bonds is 8. The fourth-order valence-corrected chi connectivity index (χ4v) is 5.69. The van der Waals surface area contributed by atoms with Crippen molar-refractivity contribution < 1.29 is 13.2 Å². The summed E-state index contributed by atoms with van der Waals surface area (Å²) in [6, 6.07) is 11.0. The molecule has 2 heterocycles. The summed E-state index contributed by atoms with van der Waals surface area (Å²) in [5, 5.41) is 0. The first kappa shape index (κ1) is 22.4. The molecule has 162 valence electrons. The highest BCUT2D eigenvalue weighted by atomic mass is 32.2. The van der Waals surface area contributed by atoms with Crippen LogP contribution in [0.25, 0.3) is 0 Å². The van der Waals surface area contributed by atoms with Gasteiger partial charge in [0.2, 0.25) is 15.9 Å². The number of aryl methyl sites for hydroxylation is 1. The van der Waals surface area contributed by atoms with Gasteiger partial charge in [0.05, 0.1) is 4.90 Å². The lowest BCUT2D eigenvalue weighted by Gasteiger charge is -2.32. The van der Waals surface area contributed by atoms with E-state index in [-0.39, 0.29) is 5.91 Å². The fraction of sp³-hybridized carbons (Fsp3) is 0.478. The van der Waals surface area contributed by atoms with Crippen LogP contribution in [0.4, 0.5) is 0 Å². The van der Waals surface area contributed by atoms with Gasteiger partial charge in [0.1, 0.15) is 0 Å². The fourth-order valence-electron chi connectivity index (χ4n) is 3.99. The van der Waals surface area contributed by atoms with Crippen LogP contribution in [0.15, 0.2) is 53.7 Å². The molecule has 1 aliphatic heterocycles. The number of pyridine rings is 1. The molecule has 0 aliphatic carbocycles. The van der Waals surface area contributed by atoms with Gasteiger partial charge < -0.3 is 4.90 Å². The number of piperidine rings is 1. The van der Waals surface area contributed by atoms with E-state index in [9.17, 15) is 13.2 Å². The Balaban J connectivity index is 1.50. The SMILES string of the molecule is CCN(Cc1ccncc1)C(=O)CCC1CCN(S(=O)(=O)c2ccccc2C)CC1. The zero-order valence-corrected chi connectivity index (χ0v) is 18.6. The molecule has 1 saturated heterocycles. The minimum atomic E-state index is -3.45. The Morgan fingerprint density at radius 2 is 1.80 bits per heavy atom. The minimum absolute atomic E-state index is 0.157. The van der Waals surface area contributed by atoms with Gasteiger partial charge in [-0.2, -0.15) is 4.31 Å². The third-order valence-corrected chi connectivity index (χ3v) is 7.97. The summed E-state index contributed by atoms with van der Waals surface area (Å²) < 4.78 is 27.5. The molecule has 7 heteroatoms. The van der Waals surface area contributed by atoms with Gasteiger partial charge in [-0.25, -0.2) is 8.42 Å². The second kappa shape index (κ2) is 10.2. The molecule has 0 saturated carbocycles. The summed E-state index contributed by atoms with van der Waals surface area (Å²) in [7, 11) is -3.45. The van der Waals surface area contributed by atoms with Crippen molar-refractivity contribution in [1.82, 2.24) is 14.2 Å². The number of hydrogen-bond acceptors (Lipinski definition) is 4. The van der Waals surface area contributed by atoms with Crippen molar-refractivity contribution in [3.63, 3.8) is 0 Å². The summed E-state index contributed by atoms with van der Waals surface area (Å²) in [5.41, 5.74) is 1.86. The van der Waals surface area contributed by atoms with Crippen LogP contribution in [-0.4, -0.2) is 48.1 Å². The zero-order valence-electron chi connectivity index (χ0n) is 17.8. The summed E-state index contributed by atoms with van der Waals surface area (Å²) >= 11 is 0. The quantitative estimate of drug-likeness (QED) is 0.643. The average Bonchev–Trinajstić information content (AvgIpc) is 2.77. The van der Waals surface area contributed by atoms with Gasteiger partial charge in [0.15, 0.2) is 0 Å². The van der Waals surface area contributed by atoms with Gasteiger partial charge in [-0.15, -0.1) is 0 Å². The van der Waals surface area contributed by atoms with Crippen molar-refractivity contribution >= 4 is 15.9 Å². The number of benzene rings is 1. The van der Waals surface area contributed by atoms with Crippen molar-refractivity contribution in [1.29, 1.82) is 0 Å². The third-order valence-electron chi connectivity index (χ3n) is 5.91. The summed E-state index contributed by atoms with van der Waals surface area (Å²) in [6.07, 6.45) is 6.40. The van der Waals surface area contributed by atoms with Crippen molar-refractivity contribution in [3.8, 4) is 0 Å². The molecule has 0 spiro atoms. The van der Waals surface area contributed by atoms with Gasteiger partial charge in [-0.05, 0) is 68.4 Å². The van der Waals surface area contributed by atoms with E-state index in [1.165, 1.54) is 0 Å². The maximum Gasteiger partial charge on any atom is 0.243 e. The third kappa shape index (κ3) is 5.46. The highest BCUT2D eigenvalue weighted by Gasteiger charge is 2.30. The predicted octanol–water partition coefficient (Wildman–Crippen LogP) is 3.62. The van der Waals surface area contributed by atoms with E-state index in [0.717, 1.165) is 30.4 Å². The van der Waals surface area contributed by atoms with Gasteiger partial charge >= 0.3 is 0 Å². The second-order valence-corrected chi connectivity index (χ2v) is 9.82. The first-order chi connectivity index (χ1) is 14.4. The number of carbonyl (C=O) groups excluding carboxylic acids is 1. The minimum Gasteiger partial charge on any atom is -0.339 e. The van der Waals surface area contributed by atoms with E-state index in [2.05, 4.69) is 4.98 Å². The lowest BCUT2D eigenvalue weighted by Crippen LogP contribution is -2.39. The highest BCUT2D eigenvalue weighted by molar-refractivity contribution is 7.89. The van der Waals surface area contributed by atoms with Crippen LogP contribution in [0.2, 0.25) is 0 Å². The van der Waals surface area contributed by atoms with E-state index in [1.54, 1.807) is 28.8 Å². The number of hydrogen-bond donors (Lipinski definition) is 0.